The number of benzene rings is 1. The van der Waals surface area contributed by atoms with E-state index in [0.29, 0.717) is 30.3 Å². The molecule has 43 heavy (non-hydrogen) atoms. The van der Waals surface area contributed by atoms with Gasteiger partial charge in [0.25, 0.3) is 0 Å². The van der Waals surface area contributed by atoms with Crippen molar-refractivity contribution in [2.75, 3.05) is 32.7 Å². The second-order valence-corrected chi connectivity index (χ2v) is 14.0. The molecule has 5 aliphatic heterocycles. The van der Waals surface area contributed by atoms with Crippen LogP contribution in [0.25, 0.3) is 27.4 Å². The van der Waals surface area contributed by atoms with Gasteiger partial charge in [0.05, 0.1) is 22.8 Å². The third kappa shape index (κ3) is 4.03. The highest BCUT2D eigenvalue weighted by Gasteiger charge is 2.62. The monoisotopic (exact) mass is 580 g/mol. The zero-order valence-corrected chi connectivity index (χ0v) is 25.0. The second kappa shape index (κ2) is 10.1. The molecule has 4 fully saturated rings. The number of pyridine rings is 1. The molecule has 9 rings (SSSR count). The lowest BCUT2D eigenvalue weighted by atomic mass is 9.58. The normalized spacial score (nSPS) is 37.7. The fourth-order valence-corrected chi connectivity index (χ4v) is 10.0. The molecule has 0 radical (unpaired) electrons. The van der Waals surface area contributed by atoms with Gasteiger partial charge in [-0.05, 0) is 101 Å². The van der Waals surface area contributed by atoms with Crippen molar-refractivity contribution in [3.63, 3.8) is 0 Å². The molecule has 0 amide bonds. The molecule has 3 aromatic rings. The number of rotatable bonds is 1. The van der Waals surface area contributed by atoms with E-state index in [9.17, 15) is 10.2 Å². The van der Waals surface area contributed by atoms with Gasteiger partial charge in [0.1, 0.15) is 11.4 Å². The van der Waals surface area contributed by atoms with Crippen LogP contribution in [0.1, 0.15) is 63.5 Å². The van der Waals surface area contributed by atoms with Gasteiger partial charge in [-0.3, -0.25) is 9.88 Å². The number of H-pyrrole nitrogens is 1. The van der Waals surface area contributed by atoms with E-state index in [0.717, 1.165) is 79.5 Å². The van der Waals surface area contributed by atoms with Gasteiger partial charge in [0.15, 0.2) is 0 Å². The minimum absolute atomic E-state index is 0.0498. The molecule has 5 bridgehead atoms. The van der Waals surface area contributed by atoms with Crippen LogP contribution in [0.15, 0.2) is 48.7 Å². The van der Waals surface area contributed by atoms with Crippen molar-refractivity contribution in [2.24, 2.45) is 11.8 Å². The zero-order valence-electron chi connectivity index (χ0n) is 25.0. The fourth-order valence-electron chi connectivity index (χ4n) is 10.0. The molecule has 0 spiro atoms. The average Bonchev–Trinajstić information content (AvgIpc) is 3.65. The number of aliphatic hydroxyl groups is 1. The maximum absolute atomic E-state index is 13.1. The summed E-state index contributed by atoms with van der Waals surface area (Å²) in [5.74, 6) is 0.914. The first-order valence-corrected chi connectivity index (χ1v) is 16.8. The average molecular weight is 581 g/mol. The highest BCUT2D eigenvalue weighted by molar-refractivity contribution is 6.11. The van der Waals surface area contributed by atoms with Crippen LogP contribution >= 0.6 is 0 Å². The van der Waals surface area contributed by atoms with Gasteiger partial charge in [-0.2, -0.15) is 5.12 Å². The Labute approximate surface area is 253 Å². The molecular formula is C35H44N6O2. The largest absolute Gasteiger partial charge is 0.506 e. The molecular weight excluding hydrogens is 536 g/mol. The highest BCUT2D eigenvalue weighted by atomic mass is 16.3. The predicted octanol–water partition coefficient (Wildman–Crippen LogP) is 5.06. The Hall–Kier alpha value is -2.75. The molecule has 2 aromatic heterocycles. The van der Waals surface area contributed by atoms with E-state index in [1.54, 1.807) is 6.07 Å². The van der Waals surface area contributed by atoms with Gasteiger partial charge >= 0.3 is 0 Å². The molecule has 8 heteroatoms. The summed E-state index contributed by atoms with van der Waals surface area (Å²) in [5, 5.41) is 33.8. The molecule has 7 heterocycles. The Morgan fingerprint density at radius 1 is 0.907 bits per heavy atom. The molecule has 0 saturated carbocycles. The van der Waals surface area contributed by atoms with Crippen molar-refractivity contribution >= 4 is 27.4 Å². The van der Waals surface area contributed by atoms with E-state index in [2.05, 4.69) is 55.4 Å². The van der Waals surface area contributed by atoms with Crippen molar-refractivity contribution in [3.05, 3.63) is 54.4 Å². The number of phenols is 1. The summed E-state index contributed by atoms with van der Waals surface area (Å²) < 4.78 is 0. The smallest absolute Gasteiger partial charge is 0.139 e. The third-order valence-corrected chi connectivity index (χ3v) is 11.8. The van der Waals surface area contributed by atoms with Gasteiger partial charge in [0.2, 0.25) is 0 Å². The lowest BCUT2D eigenvalue weighted by Crippen LogP contribution is -2.76. The van der Waals surface area contributed by atoms with Crippen molar-refractivity contribution in [1.82, 2.24) is 30.0 Å². The zero-order chi connectivity index (χ0) is 28.7. The number of piperidine rings is 2. The molecule has 8 nitrogen and oxygen atoms in total. The molecule has 1 aromatic carbocycles. The molecule has 3 N–H and O–H groups in total. The summed E-state index contributed by atoms with van der Waals surface area (Å²) in [6, 6.07) is 8.77. The SMILES string of the molecule is Oc1cccc2c1[nH]c1c(C3=CC4(O)CC/C=C\CCCCN5CCC3C3C5CC5CCN6CCCN6N5C34)nccc12. The number of allylic oxidation sites excluding steroid dienone is 3. The molecule has 226 valence electrons. The van der Waals surface area contributed by atoms with Crippen LogP contribution < -0.4 is 0 Å². The number of hydrazine groups is 2. The van der Waals surface area contributed by atoms with E-state index >= 15 is 0 Å². The minimum Gasteiger partial charge on any atom is -0.506 e. The van der Waals surface area contributed by atoms with Crippen LogP contribution in [0.2, 0.25) is 0 Å². The van der Waals surface area contributed by atoms with Crippen LogP contribution in [0.4, 0.5) is 0 Å². The summed E-state index contributed by atoms with van der Waals surface area (Å²) in [7, 11) is 0. The quantitative estimate of drug-likeness (QED) is 0.347. The first-order chi connectivity index (χ1) is 21.1. The van der Waals surface area contributed by atoms with Gasteiger partial charge in [-0.25, -0.2) is 10.0 Å². The van der Waals surface area contributed by atoms with Gasteiger partial charge < -0.3 is 15.2 Å². The molecule has 1 aliphatic carbocycles. The van der Waals surface area contributed by atoms with Crippen LogP contribution in [-0.4, -0.2) is 96.7 Å². The molecule has 6 aliphatic rings. The molecule has 7 unspecified atom stereocenters. The van der Waals surface area contributed by atoms with Crippen LogP contribution in [0.5, 0.6) is 5.75 Å². The first-order valence-electron chi connectivity index (χ1n) is 16.8. The Morgan fingerprint density at radius 2 is 1.81 bits per heavy atom. The predicted molar refractivity (Wildman–Crippen MR) is 169 cm³/mol. The number of aromatic amines is 1. The lowest BCUT2D eigenvalue weighted by molar-refractivity contribution is -0.287. The number of nitrogens with one attached hydrogen (secondary N) is 1. The Morgan fingerprint density at radius 3 is 2.77 bits per heavy atom. The summed E-state index contributed by atoms with van der Waals surface area (Å²) in [6.07, 6.45) is 18.7. The second-order valence-electron chi connectivity index (χ2n) is 14.0. The van der Waals surface area contributed by atoms with Crippen LogP contribution in [0.3, 0.4) is 0 Å². The van der Waals surface area contributed by atoms with Crippen molar-refractivity contribution in [2.45, 2.75) is 81.5 Å². The summed E-state index contributed by atoms with van der Waals surface area (Å²) in [4.78, 5) is 11.4. The van der Waals surface area contributed by atoms with Crippen LogP contribution in [-0.2, 0) is 0 Å². The van der Waals surface area contributed by atoms with E-state index in [1.807, 2.05) is 12.3 Å². The lowest BCUT2D eigenvalue weighted by Gasteiger charge is -2.66. The number of phenolic OH excluding ortho intramolecular Hbond substituents is 1. The number of para-hydroxylation sites is 1. The number of hydrogen-bond acceptors (Lipinski definition) is 7. The first kappa shape index (κ1) is 26.6. The summed E-state index contributed by atoms with van der Waals surface area (Å²) in [5.41, 5.74) is 2.91. The Bertz CT molecular complexity index is 1610. The topological polar surface area (TPSA) is 82.1 Å². The highest BCUT2D eigenvalue weighted by Crippen LogP contribution is 2.55. The van der Waals surface area contributed by atoms with E-state index in [1.165, 1.54) is 37.7 Å². The van der Waals surface area contributed by atoms with E-state index in [-0.39, 0.29) is 11.8 Å². The number of nitrogens with zero attached hydrogens (tertiary/aromatic N) is 5. The summed E-state index contributed by atoms with van der Waals surface area (Å²) >= 11 is 0. The Balaban J connectivity index is 1.25. The standard InChI is InChI=1S/C35H44N6O2/c42-29-10-7-9-25-26-11-15-36-32(33(26)37-31(25)29)27-22-35(43)14-5-3-1-2-4-6-16-38-19-13-24(27)30-28(38)21-23-12-20-39-17-8-18-40(39)41(23)34(30)35/h1,3,7,9-11,15,22-24,28,30,34,37,42-43H,2,4-6,8,12-14,16-21H2/b3-1-. The van der Waals surface area contributed by atoms with E-state index < -0.39 is 5.60 Å². The Kier molecular flexibility index (Phi) is 6.28. The van der Waals surface area contributed by atoms with Gasteiger partial charge in [-0.1, -0.05) is 24.3 Å². The number of hydrogen-bond donors (Lipinski definition) is 3. The van der Waals surface area contributed by atoms with Crippen molar-refractivity contribution < 1.29 is 10.2 Å². The number of fused-ring (bicyclic) bond motifs is 6. The van der Waals surface area contributed by atoms with Crippen molar-refractivity contribution in [3.8, 4) is 5.75 Å². The summed E-state index contributed by atoms with van der Waals surface area (Å²) in [6.45, 7) is 5.58. The fraction of sp³-hybridized carbons (Fsp3) is 0.571. The third-order valence-electron chi connectivity index (χ3n) is 11.8. The van der Waals surface area contributed by atoms with Gasteiger partial charge in [-0.15, -0.1) is 0 Å². The van der Waals surface area contributed by atoms with Crippen molar-refractivity contribution in [1.29, 1.82) is 0 Å². The maximum Gasteiger partial charge on any atom is 0.139 e. The van der Waals surface area contributed by atoms with Gasteiger partial charge in [0, 0.05) is 54.6 Å². The maximum atomic E-state index is 13.1. The molecule has 7 atom stereocenters. The minimum atomic E-state index is -0.974. The number of aromatic hydroxyl groups is 1. The van der Waals surface area contributed by atoms with Crippen LogP contribution in [0, 0.1) is 11.8 Å². The number of aromatic nitrogens is 2. The molecule has 4 saturated heterocycles. The van der Waals surface area contributed by atoms with E-state index in [4.69, 9.17) is 4.98 Å².